The van der Waals surface area contributed by atoms with Crippen molar-refractivity contribution in [3.05, 3.63) is 93.1 Å². The molecule has 2 heterocycles. The number of hydrogen-bond donors (Lipinski definition) is 0. The summed E-state index contributed by atoms with van der Waals surface area (Å²) in [5, 5.41) is 3.90. The minimum Gasteiger partial charge on any atom is -0.494 e. The molecular weight excluding hydrogens is 472 g/mol. The third-order valence-electron chi connectivity index (χ3n) is 6.10. The maximum Gasteiger partial charge on any atom is 0.267 e. The largest absolute Gasteiger partial charge is 0.494 e. The number of rotatable bonds is 8. The highest BCUT2D eigenvalue weighted by atomic mass is 32.2. The van der Waals surface area contributed by atoms with Gasteiger partial charge in [-0.25, -0.2) is 4.98 Å². The fourth-order valence-electron chi connectivity index (χ4n) is 4.33. The van der Waals surface area contributed by atoms with E-state index in [4.69, 9.17) is 9.72 Å². The Balaban J connectivity index is 1.59. The number of benzene rings is 3. The monoisotopic (exact) mass is 500 g/mol. The summed E-state index contributed by atoms with van der Waals surface area (Å²) in [6, 6.07) is 22.6. The molecule has 2 aromatic heterocycles. The SMILES string of the molecule is CCCc1sc2nc(SCc3ccc4ccccc4c3)n(-c3ccc(OCC)cc3)c(=O)c2c1C. The normalized spacial score (nSPS) is 11.4. The van der Waals surface area contributed by atoms with Gasteiger partial charge in [-0.1, -0.05) is 67.6 Å². The molecule has 0 bridgehead atoms. The first kappa shape index (κ1) is 23.6. The van der Waals surface area contributed by atoms with Crippen LogP contribution in [0.5, 0.6) is 5.75 Å². The van der Waals surface area contributed by atoms with Crippen molar-refractivity contribution in [2.75, 3.05) is 6.61 Å². The molecule has 0 radical (unpaired) electrons. The van der Waals surface area contributed by atoms with Gasteiger partial charge in [0.2, 0.25) is 0 Å². The lowest BCUT2D eigenvalue weighted by atomic mass is 10.1. The van der Waals surface area contributed by atoms with E-state index in [1.54, 1.807) is 27.7 Å². The van der Waals surface area contributed by atoms with Gasteiger partial charge in [-0.2, -0.15) is 0 Å². The van der Waals surface area contributed by atoms with Gasteiger partial charge >= 0.3 is 0 Å². The molecule has 0 saturated carbocycles. The standard InChI is InChI=1S/C29H28N2O2S2/c1-4-8-25-19(3)26-27(35-25)30-29(31(28(26)32)23-13-15-24(16-14-23)33-5-2)34-18-20-11-12-21-9-6-7-10-22(21)17-20/h6-7,9-17H,4-5,8,18H2,1-3H3. The van der Waals surface area contributed by atoms with E-state index < -0.39 is 0 Å². The van der Waals surface area contributed by atoms with Gasteiger partial charge in [0.25, 0.3) is 5.56 Å². The highest BCUT2D eigenvalue weighted by Gasteiger charge is 2.19. The summed E-state index contributed by atoms with van der Waals surface area (Å²) >= 11 is 3.26. The zero-order valence-electron chi connectivity index (χ0n) is 20.2. The number of ether oxygens (including phenoxy) is 1. The van der Waals surface area contributed by atoms with Crippen LogP contribution in [-0.4, -0.2) is 16.2 Å². The fraction of sp³-hybridized carbons (Fsp3) is 0.241. The summed E-state index contributed by atoms with van der Waals surface area (Å²) in [6.07, 6.45) is 2.01. The van der Waals surface area contributed by atoms with Gasteiger partial charge in [0.05, 0.1) is 17.7 Å². The summed E-state index contributed by atoms with van der Waals surface area (Å²) in [5.41, 5.74) is 3.07. The highest BCUT2D eigenvalue weighted by molar-refractivity contribution is 7.98. The zero-order valence-corrected chi connectivity index (χ0v) is 21.8. The van der Waals surface area contributed by atoms with Crippen LogP contribution in [-0.2, 0) is 12.2 Å². The lowest BCUT2D eigenvalue weighted by molar-refractivity contribution is 0.340. The van der Waals surface area contributed by atoms with Crippen LogP contribution < -0.4 is 10.3 Å². The summed E-state index contributed by atoms with van der Waals surface area (Å²) in [7, 11) is 0. The van der Waals surface area contributed by atoms with Crippen molar-refractivity contribution >= 4 is 44.1 Å². The quantitative estimate of drug-likeness (QED) is 0.163. The van der Waals surface area contributed by atoms with Crippen molar-refractivity contribution in [1.82, 2.24) is 9.55 Å². The molecule has 5 rings (SSSR count). The molecule has 3 aromatic carbocycles. The van der Waals surface area contributed by atoms with E-state index in [2.05, 4.69) is 56.3 Å². The molecule has 0 atom stereocenters. The lowest BCUT2D eigenvalue weighted by Gasteiger charge is -2.13. The topological polar surface area (TPSA) is 44.1 Å². The number of fused-ring (bicyclic) bond motifs is 2. The third-order valence-corrected chi connectivity index (χ3v) is 8.35. The van der Waals surface area contributed by atoms with Gasteiger partial charge in [-0.15, -0.1) is 11.3 Å². The molecular formula is C29H28N2O2S2. The molecule has 0 aliphatic heterocycles. The number of aryl methyl sites for hydroxylation is 2. The average Bonchev–Trinajstić information content (AvgIpc) is 3.19. The molecule has 0 fully saturated rings. The Morgan fingerprint density at radius 1 is 1.00 bits per heavy atom. The molecule has 0 N–H and O–H groups in total. The molecule has 6 heteroatoms. The molecule has 0 aliphatic carbocycles. The molecule has 0 aliphatic rings. The van der Waals surface area contributed by atoms with Crippen LogP contribution >= 0.6 is 23.1 Å². The van der Waals surface area contributed by atoms with Crippen LogP contribution in [0.3, 0.4) is 0 Å². The molecule has 178 valence electrons. The summed E-state index contributed by atoms with van der Waals surface area (Å²) in [5.74, 6) is 1.52. The molecule has 4 nitrogen and oxygen atoms in total. The lowest BCUT2D eigenvalue weighted by Crippen LogP contribution is -2.21. The summed E-state index contributed by atoms with van der Waals surface area (Å²) in [4.78, 5) is 21.0. The Kier molecular flexibility index (Phi) is 6.93. The maximum absolute atomic E-state index is 13.9. The Morgan fingerprint density at radius 2 is 1.77 bits per heavy atom. The minimum atomic E-state index is -0.00345. The smallest absolute Gasteiger partial charge is 0.267 e. The average molecular weight is 501 g/mol. The van der Waals surface area contributed by atoms with E-state index >= 15 is 0 Å². The van der Waals surface area contributed by atoms with Gasteiger partial charge in [0.15, 0.2) is 5.16 Å². The van der Waals surface area contributed by atoms with Crippen LogP contribution in [0, 0.1) is 6.92 Å². The van der Waals surface area contributed by atoms with Crippen molar-refractivity contribution in [2.24, 2.45) is 0 Å². The van der Waals surface area contributed by atoms with Crippen molar-refractivity contribution < 1.29 is 4.74 Å². The van der Waals surface area contributed by atoms with E-state index in [1.165, 1.54) is 21.2 Å². The number of aromatic nitrogens is 2. The van der Waals surface area contributed by atoms with Crippen LogP contribution in [0.4, 0.5) is 0 Å². The first-order valence-corrected chi connectivity index (χ1v) is 13.8. The second-order valence-electron chi connectivity index (χ2n) is 8.51. The Bertz CT molecular complexity index is 1550. The van der Waals surface area contributed by atoms with Gasteiger partial charge < -0.3 is 4.74 Å². The first-order valence-electron chi connectivity index (χ1n) is 12.0. The van der Waals surface area contributed by atoms with E-state index in [9.17, 15) is 4.79 Å². The van der Waals surface area contributed by atoms with E-state index in [1.807, 2.05) is 31.2 Å². The van der Waals surface area contributed by atoms with Crippen LogP contribution in [0.25, 0.3) is 26.7 Å². The van der Waals surface area contributed by atoms with Gasteiger partial charge in [-0.3, -0.25) is 9.36 Å². The van der Waals surface area contributed by atoms with E-state index in [0.717, 1.165) is 45.8 Å². The number of hydrogen-bond acceptors (Lipinski definition) is 5. The summed E-state index contributed by atoms with van der Waals surface area (Å²) < 4.78 is 7.37. The second-order valence-corrected chi connectivity index (χ2v) is 10.5. The van der Waals surface area contributed by atoms with Crippen LogP contribution in [0.2, 0.25) is 0 Å². The second kappa shape index (κ2) is 10.3. The van der Waals surface area contributed by atoms with Gasteiger partial charge in [0.1, 0.15) is 10.6 Å². The van der Waals surface area contributed by atoms with E-state index in [0.29, 0.717) is 11.8 Å². The molecule has 0 spiro atoms. The Morgan fingerprint density at radius 3 is 2.51 bits per heavy atom. The first-order chi connectivity index (χ1) is 17.1. The van der Waals surface area contributed by atoms with Crippen LogP contribution in [0.15, 0.2) is 76.7 Å². The van der Waals surface area contributed by atoms with Crippen molar-refractivity contribution in [3.8, 4) is 11.4 Å². The predicted molar refractivity (Wildman–Crippen MR) is 149 cm³/mol. The number of thiophene rings is 1. The molecule has 0 saturated heterocycles. The van der Waals surface area contributed by atoms with E-state index in [-0.39, 0.29) is 5.56 Å². The molecule has 5 aromatic rings. The zero-order chi connectivity index (χ0) is 24.4. The fourth-order valence-corrected chi connectivity index (χ4v) is 6.61. The van der Waals surface area contributed by atoms with Crippen LogP contribution in [0.1, 0.15) is 36.3 Å². The Labute approximate surface area is 213 Å². The number of nitrogens with zero attached hydrogens (tertiary/aromatic N) is 2. The molecule has 0 unspecified atom stereocenters. The predicted octanol–water partition coefficient (Wildman–Crippen LogP) is 7.55. The van der Waals surface area contributed by atoms with Crippen molar-refractivity contribution in [1.29, 1.82) is 0 Å². The number of thioether (sulfide) groups is 1. The molecule has 35 heavy (non-hydrogen) atoms. The van der Waals surface area contributed by atoms with Gasteiger partial charge in [0, 0.05) is 10.6 Å². The molecule has 0 amide bonds. The van der Waals surface area contributed by atoms with Crippen molar-refractivity contribution in [2.45, 2.75) is 44.5 Å². The third kappa shape index (κ3) is 4.73. The maximum atomic E-state index is 13.9. The van der Waals surface area contributed by atoms with Crippen molar-refractivity contribution in [3.63, 3.8) is 0 Å². The van der Waals surface area contributed by atoms with Gasteiger partial charge in [-0.05, 0) is 66.4 Å². The highest BCUT2D eigenvalue weighted by Crippen LogP contribution is 2.32. The Hall–Kier alpha value is -3.09. The summed E-state index contributed by atoms with van der Waals surface area (Å²) in [6.45, 7) is 6.79. The minimum absolute atomic E-state index is 0.00345.